The summed E-state index contributed by atoms with van der Waals surface area (Å²) in [5, 5.41) is 31.5. The van der Waals surface area contributed by atoms with E-state index in [1.807, 2.05) is 0 Å². The van der Waals surface area contributed by atoms with E-state index in [0.29, 0.717) is 19.3 Å². The maximum absolute atomic E-state index is 13.1. The van der Waals surface area contributed by atoms with Gasteiger partial charge in [-0.1, -0.05) is 249 Å². The summed E-state index contributed by atoms with van der Waals surface area (Å²) in [6, 6.07) is 0. The van der Waals surface area contributed by atoms with E-state index in [4.69, 9.17) is 23.7 Å². The number of esters is 3. The van der Waals surface area contributed by atoms with Gasteiger partial charge in [-0.2, -0.15) is 0 Å². The van der Waals surface area contributed by atoms with Crippen molar-refractivity contribution < 1.29 is 58.2 Å². The van der Waals surface area contributed by atoms with Crippen LogP contribution < -0.4 is 0 Å². The van der Waals surface area contributed by atoms with Crippen molar-refractivity contribution in [1.29, 1.82) is 0 Å². The summed E-state index contributed by atoms with van der Waals surface area (Å²) in [7, 11) is 0. The number of unbranched alkanes of at least 4 members (excludes halogenated alkanes) is 30. The number of carbonyl (C=O) groups excluding carboxylic acids is 3. The van der Waals surface area contributed by atoms with E-state index in [0.717, 1.165) is 83.5 Å². The van der Waals surface area contributed by atoms with Crippen LogP contribution in [-0.2, 0) is 42.9 Å². The quantitative estimate of drug-likeness (QED) is 0.0228. The molecule has 0 aliphatic carbocycles. The summed E-state index contributed by atoms with van der Waals surface area (Å²) < 4.78 is 28.4. The third kappa shape index (κ3) is 41.5. The summed E-state index contributed by atoms with van der Waals surface area (Å²) in [6.07, 6.45) is 49.4. The summed E-state index contributed by atoms with van der Waals surface area (Å²) >= 11 is 0. The van der Waals surface area contributed by atoms with Gasteiger partial charge >= 0.3 is 23.9 Å². The third-order valence-corrected chi connectivity index (χ3v) is 13.9. The fraction of sp³-hybridized carbons (Fsp3) is 0.810. The van der Waals surface area contributed by atoms with Gasteiger partial charge in [-0.05, 0) is 57.8 Å². The van der Waals surface area contributed by atoms with E-state index in [-0.39, 0.29) is 25.9 Å². The minimum Gasteiger partial charge on any atom is -0.479 e. The van der Waals surface area contributed by atoms with Gasteiger partial charge < -0.3 is 39.0 Å². The molecule has 0 radical (unpaired) electrons. The van der Waals surface area contributed by atoms with Crippen LogP contribution >= 0.6 is 0 Å². The first kappa shape index (κ1) is 69.7. The second kappa shape index (κ2) is 51.4. The van der Waals surface area contributed by atoms with E-state index in [1.165, 1.54) is 135 Å². The van der Waals surface area contributed by atoms with Crippen molar-refractivity contribution in [1.82, 2.24) is 0 Å². The molecule has 0 spiro atoms. The Bertz CT molecular complexity index is 1490. The van der Waals surface area contributed by atoms with Crippen LogP contribution in [0.2, 0.25) is 0 Å². The van der Waals surface area contributed by atoms with Gasteiger partial charge in [0, 0.05) is 19.3 Å². The molecular formula is C63H110O12. The lowest BCUT2D eigenvalue weighted by atomic mass is 9.98. The van der Waals surface area contributed by atoms with Crippen molar-refractivity contribution in [2.45, 2.75) is 314 Å². The first-order valence-electron chi connectivity index (χ1n) is 30.6. The highest BCUT2D eigenvalue weighted by atomic mass is 16.7. The van der Waals surface area contributed by atoms with E-state index < -0.39 is 67.3 Å². The van der Waals surface area contributed by atoms with Crippen molar-refractivity contribution in [2.24, 2.45) is 0 Å². The second-order valence-corrected chi connectivity index (χ2v) is 21.0. The first-order valence-corrected chi connectivity index (χ1v) is 30.6. The average molecular weight is 1060 g/mol. The van der Waals surface area contributed by atoms with Crippen LogP contribution in [0.3, 0.4) is 0 Å². The molecule has 1 fully saturated rings. The van der Waals surface area contributed by atoms with Crippen LogP contribution in [-0.4, -0.2) is 89.2 Å². The fourth-order valence-corrected chi connectivity index (χ4v) is 9.24. The van der Waals surface area contributed by atoms with Gasteiger partial charge in [0.1, 0.15) is 18.8 Å². The van der Waals surface area contributed by atoms with Gasteiger partial charge in [-0.15, -0.1) is 0 Å². The zero-order valence-corrected chi connectivity index (χ0v) is 47.8. The molecule has 1 rings (SSSR count). The Labute approximate surface area is 456 Å². The maximum Gasteiger partial charge on any atom is 0.335 e. The van der Waals surface area contributed by atoms with Crippen LogP contribution in [0, 0.1) is 0 Å². The van der Waals surface area contributed by atoms with Crippen molar-refractivity contribution in [2.75, 3.05) is 13.2 Å². The standard InChI is InChI=1S/C63H110O12/c1-4-7-10-13-16-19-22-25-27-28-30-32-34-37-40-43-46-49-55(64)71-52-54(73-56(65)50-47-44-41-38-36-33-29-26-23-20-17-14-11-8-5-2)53-72-63-61(59(68)58(67)60(75-63)62(69)70)74-57(66)51-48-45-42-39-35-31-24-21-18-15-12-9-6-3/h8,11,17,20,26,29,36,38,54,58-61,63,67-68H,4-7,9-10,12-16,18-19,21-25,27-28,30-35,37,39-53H2,1-3H3,(H,69,70)/b11-8-,20-17-,29-26-,38-36-. The molecule has 0 saturated carbocycles. The zero-order valence-electron chi connectivity index (χ0n) is 47.8. The third-order valence-electron chi connectivity index (χ3n) is 13.9. The van der Waals surface area contributed by atoms with Crippen molar-refractivity contribution in [3.05, 3.63) is 48.6 Å². The van der Waals surface area contributed by atoms with Crippen LogP contribution in [0.4, 0.5) is 0 Å². The largest absolute Gasteiger partial charge is 0.479 e. The molecule has 1 aliphatic rings. The lowest BCUT2D eigenvalue weighted by Gasteiger charge is -2.40. The van der Waals surface area contributed by atoms with E-state index in [2.05, 4.69) is 69.4 Å². The molecule has 0 amide bonds. The van der Waals surface area contributed by atoms with E-state index in [9.17, 15) is 34.5 Å². The Hall–Kier alpha value is -3.32. The number of allylic oxidation sites excluding steroid dienone is 8. The summed E-state index contributed by atoms with van der Waals surface area (Å²) in [5.74, 6) is -3.15. The highest BCUT2D eigenvalue weighted by Crippen LogP contribution is 2.27. The van der Waals surface area contributed by atoms with Gasteiger partial charge in [0.05, 0.1) is 6.61 Å². The number of carboxylic acids is 1. The summed E-state index contributed by atoms with van der Waals surface area (Å²) in [6.45, 7) is 5.87. The Morgan fingerprint density at radius 2 is 0.840 bits per heavy atom. The van der Waals surface area contributed by atoms with Gasteiger partial charge in [0.2, 0.25) is 0 Å². The number of aliphatic carboxylic acids is 1. The summed E-state index contributed by atoms with van der Waals surface area (Å²) in [4.78, 5) is 51.1. The minimum absolute atomic E-state index is 0.0596. The number of rotatable bonds is 52. The molecule has 3 N–H and O–H groups in total. The smallest absolute Gasteiger partial charge is 0.335 e. The molecule has 0 aromatic heterocycles. The summed E-state index contributed by atoms with van der Waals surface area (Å²) in [5.41, 5.74) is 0. The van der Waals surface area contributed by atoms with Crippen molar-refractivity contribution in [3.8, 4) is 0 Å². The number of ether oxygens (including phenoxy) is 5. The van der Waals surface area contributed by atoms with Gasteiger partial charge in [-0.25, -0.2) is 4.79 Å². The number of hydrogen-bond donors (Lipinski definition) is 3. The van der Waals surface area contributed by atoms with E-state index >= 15 is 0 Å². The van der Waals surface area contributed by atoms with Crippen LogP contribution in [0.1, 0.15) is 278 Å². The predicted octanol–water partition coefficient (Wildman–Crippen LogP) is 15.8. The topological polar surface area (TPSA) is 175 Å². The molecule has 0 bridgehead atoms. The van der Waals surface area contributed by atoms with Crippen LogP contribution in [0.5, 0.6) is 0 Å². The molecule has 6 unspecified atom stereocenters. The lowest BCUT2D eigenvalue weighted by Crippen LogP contribution is -2.61. The lowest BCUT2D eigenvalue weighted by molar-refractivity contribution is -0.301. The normalized spacial score (nSPS) is 18.4. The molecule has 434 valence electrons. The SMILES string of the molecule is CC/C=C\C/C=C\C/C=C\C/C=C\CCCCC(=O)OC(COC(=O)CCCCCCCCCCCCCCCCCCC)COC1OC(C(=O)O)C(O)C(O)C1OC(=O)CCCCCCCCCCCCCCC. The van der Waals surface area contributed by atoms with Crippen molar-refractivity contribution >= 4 is 23.9 Å². The number of carbonyl (C=O) groups is 4. The first-order chi connectivity index (χ1) is 36.6. The molecule has 12 nitrogen and oxygen atoms in total. The van der Waals surface area contributed by atoms with Gasteiger partial charge in [0.15, 0.2) is 24.6 Å². The van der Waals surface area contributed by atoms with Gasteiger partial charge in [-0.3, -0.25) is 14.4 Å². The highest BCUT2D eigenvalue weighted by molar-refractivity contribution is 5.74. The monoisotopic (exact) mass is 1060 g/mol. The molecule has 0 aromatic rings. The number of aliphatic hydroxyl groups excluding tert-OH is 2. The minimum atomic E-state index is -1.91. The molecule has 75 heavy (non-hydrogen) atoms. The van der Waals surface area contributed by atoms with Crippen LogP contribution in [0.25, 0.3) is 0 Å². The zero-order chi connectivity index (χ0) is 54.7. The fourth-order valence-electron chi connectivity index (χ4n) is 9.24. The molecular weight excluding hydrogens is 949 g/mol. The molecule has 1 heterocycles. The van der Waals surface area contributed by atoms with Crippen molar-refractivity contribution in [3.63, 3.8) is 0 Å². The molecule has 6 atom stereocenters. The Morgan fingerprint density at radius 3 is 1.28 bits per heavy atom. The van der Waals surface area contributed by atoms with Crippen LogP contribution in [0.15, 0.2) is 48.6 Å². The molecule has 1 aliphatic heterocycles. The second-order valence-electron chi connectivity index (χ2n) is 21.0. The van der Waals surface area contributed by atoms with E-state index in [1.54, 1.807) is 0 Å². The Morgan fingerprint density at radius 1 is 0.453 bits per heavy atom. The number of hydrogen-bond acceptors (Lipinski definition) is 11. The predicted molar refractivity (Wildman–Crippen MR) is 303 cm³/mol. The van der Waals surface area contributed by atoms with Gasteiger partial charge in [0.25, 0.3) is 0 Å². The number of carboxylic acid groups (broad SMARTS) is 1. The Kier molecular flexibility index (Phi) is 47.8. The average Bonchev–Trinajstić information content (AvgIpc) is 3.39. The number of aliphatic hydroxyl groups is 2. The molecule has 1 saturated heterocycles. The highest BCUT2D eigenvalue weighted by Gasteiger charge is 2.50. The molecule has 12 heteroatoms. The maximum atomic E-state index is 13.1. The molecule has 0 aromatic carbocycles. The Balaban J connectivity index is 2.69.